The van der Waals surface area contributed by atoms with Gasteiger partial charge in [0.2, 0.25) is 23.6 Å². The Bertz CT molecular complexity index is 2730. The number of aromatic nitrogens is 5. The normalized spacial score (nSPS) is 23.0. The highest BCUT2D eigenvalue weighted by Crippen LogP contribution is 2.41. The zero-order valence-corrected chi connectivity index (χ0v) is 38.7. The van der Waals surface area contributed by atoms with Gasteiger partial charge >= 0.3 is 0 Å². The van der Waals surface area contributed by atoms with E-state index < -0.39 is 29.4 Å². The lowest BCUT2D eigenvalue weighted by atomic mass is 9.89. The van der Waals surface area contributed by atoms with Gasteiger partial charge in [-0.3, -0.25) is 34.9 Å². The van der Waals surface area contributed by atoms with Gasteiger partial charge in [0.05, 0.1) is 66.0 Å². The Balaban J connectivity index is 0.890. The highest BCUT2D eigenvalue weighted by atomic mass is 19.1. The molecule has 2 aromatic carbocycles. The van der Waals surface area contributed by atoms with Gasteiger partial charge in [0, 0.05) is 94.5 Å². The number of halogens is 2. The summed E-state index contributed by atoms with van der Waals surface area (Å²) in [6.07, 6.45) is 4.71. The molecule has 4 atom stereocenters. The summed E-state index contributed by atoms with van der Waals surface area (Å²) in [5.74, 6) is -1.45. The predicted octanol–water partition coefficient (Wildman–Crippen LogP) is 6.12. The van der Waals surface area contributed by atoms with Gasteiger partial charge in [0.15, 0.2) is 0 Å². The Morgan fingerprint density at radius 2 is 1.63 bits per heavy atom. The second-order valence-corrected chi connectivity index (χ2v) is 19.0. The molecule has 1 saturated carbocycles. The smallest absolute Gasteiger partial charge is 0.258 e. The van der Waals surface area contributed by atoms with Crippen LogP contribution in [-0.2, 0) is 27.9 Å². The minimum atomic E-state index is -1.04. The summed E-state index contributed by atoms with van der Waals surface area (Å²) >= 11 is 0. The summed E-state index contributed by atoms with van der Waals surface area (Å²) in [4.78, 5) is 55.1. The molecule has 4 aliphatic heterocycles. The van der Waals surface area contributed by atoms with Gasteiger partial charge in [-0.2, -0.15) is 5.10 Å². The van der Waals surface area contributed by atoms with Gasteiger partial charge in [-0.25, -0.2) is 18.4 Å². The number of pyridine rings is 1. The zero-order valence-electron chi connectivity index (χ0n) is 38.7. The maximum Gasteiger partial charge on any atom is 0.258 e. The van der Waals surface area contributed by atoms with Gasteiger partial charge in [-0.15, -0.1) is 0 Å². The third-order valence-corrected chi connectivity index (χ3v) is 14.6. The number of imidazole rings is 1. The molecule has 7 heterocycles. The minimum Gasteiger partial charge on any atom is -0.495 e. The van der Waals surface area contributed by atoms with Gasteiger partial charge in [0.25, 0.3) is 5.91 Å². The number of amides is 3. The van der Waals surface area contributed by atoms with E-state index in [9.17, 15) is 14.4 Å². The molecule has 2 N–H and O–H groups in total. The van der Waals surface area contributed by atoms with Gasteiger partial charge in [-0.05, 0) is 94.5 Å². The standard InChI is InChI=1S/C49H58F2N10O6/c1-27-16-31-18-39(52-27)44-28(2)56-57(3)48(44)67-25-30-7-6-29(17-30)23-61-40-22-41(42(66-5)21-38(40)53-49(61)55-46(31)63)59-14-15-60(34(24-59)26-65-4)32-10-12-58(13-11-32)33-19-36(50)45(37(51)20-33)35-8-9-43(62)54-47(35)64/h16,18-22,29-30,32,34-35H,6-15,17,23-26H2,1-5H3,(H,53,55,63)(H,54,62,64)/t29-,30+,34+,35-/m1/s1. The minimum absolute atomic E-state index is 0.0419. The lowest BCUT2D eigenvalue weighted by Crippen LogP contribution is -2.60. The van der Waals surface area contributed by atoms with E-state index in [2.05, 4.69) is 36.2 Å². The SMILES string of the molecule is COC[C@@H]1CN(c2cc3c(cc2OC)nc2n3C[C@@H]3CC[C@H](COc4c(c(C)nn4C)-c4cc(cc(C)n4)C(=O)N2)C3)CCN1C1CCN(c2cc(F)c([C@H]3CCC(=O)NC3=O)c(F)c2)CC1. The first kappa shape index (κ1) is 44.7. The van der Waals surface area contributed by atoms with Crippen molar-refractivity contribution < 1.29 is 37.4 Å². The number of carbonyl (C=O) groups is 3. The average Bonchev–Trinajstić information content (AvgIpc) is 3.98. The van der Waals surface area contributed by atoms with Crippen LogP contribution in [0.4, 0.5) is 26.1 Å². The third kappa shape index (κ3) is 8.58. The summed E-state index contributed by atoms with van der Waals surface area (Å²) in [5, 5.41) is 10.1. The third-order valence-electron chi connectivity index (χ3n) is 14.6. The molecule has 3 saturated heterocycles. The van der Waals surface area contributed by atoms with Crippen LogP contribution in [0.5, 0.6) is 11.6 Å². The Hall–Kier alpha value is -6.14. The number of carbonyl (C=O) groups excluding carboxylic acids is 3. The van der Waals surface area contributed by atoms with E-state index in [0.717, 1.165) is 73.2 Å². The fraction of sp³-hybridized carbons (Fsp3) is 0.510. The second-order valence-electron chi connectivity index (χ2n) is 19.0. The van der Waals surface area contributed by atoms with Crippen LogP contribution in [0.3, 0.4) is 0 Å². The van der Waals surface area contributed by atoms with Crippen LogP contribution >= 0.6 is 0 Å². The van der Waals surface area contributed by atoms with Crippen molar-refractivity contribution >= 4 is 46.1 Å². The van der Waals surface area contributed by atoms with Crippen LogP contribution in [-0.4, -0.2) is 119 Å². The van der Waals surface area contributed by atoms with Crippen LogP contribution in [0.15, 0.2) is 36.4 Å². The molecule has 5 aliphatic rings. The Labute approximate surface area is 387 Å². The lowest BCUT2D eigenvalue weighted by molar-refractivity contribution is -0.134. The summed E-state index contributed by atoms with van der Waals surface area (Å²) in [7, 11) is 5.27. The molecule has 0 radical (unpaired) electrons. The van der Waals surface area contributed by atoms with Crippen molar-refractivity contribution in [3.05, 3.63) is 70.5 Å². The molecule has 5 aromatic rings. The van der Waals surface area contributed by atoms with E-state index >= 15 is 8.78 Å². The Kier molecular flexibility index (Phi) is 12.1. The van der Waals surface area contributed by atoms with Crippen LogP contribution < -0.4 is 29.9 Å². The molecular weight excluding hydrogens is 863 g/mol. The van der Waals surface area contributed by atoms with Crippen molar-refractivity contribution in [2.75, 3.05) is 75.3 Å². The molecule has 0 unspecified atom stereocenters. The summed E-state index contributed by atoms with van der Waals surface area (Å²) in [6, 6.07) is 10.6. The molecule has 4 bridgehead atoms. The van der Waals surface area contributed by atoms with Crippen molar-refractivity contribution in [3.8, 4) is 22.9 Å². The first-order chi connectivity index (χ1) is 32.3. The number of fused-ring (bicyclic) bond motifs is 9. The molecule has 3 aromatic heterocycles. The van der Waals surface area contributed by atoms with E-state index in [0.29, 0.717) is 91.4 Å². The summed E-state index contributed by atoms with van der Waals surface area (Å²) < 4.78 is 53.3. The fourth-order valence-electron chi connectivity index (χ4n) is 11.4. The topological polar surface area (TPSA) is 161 Å². The van der Waals surface area contributed by atoms with E-state index in [4.69, 9.17) is 24.2 Å². The van der Waals surface area contributed by atoms with E-state index in [1.165, 1.54) is 12.1 Å². The predicted molar refractivity (Wildman–Crippen MR) is 248 cm³/mol. The van der Waals surface area contributed by atoms with E-state index in [1.54, 1.807) is 31.0 Å². The number of aryl methyl sites for hydroxylation is 3. The first-order valence-corrected chi connectivity index (χ1v) is 23.5. The molecular formula is C49H58F2N10O6. The Morgan fingerprint density at radius 3 is 2.37 bits per heavy atom. The number of rotatable bonds is 7. The van der Waals surface area contributed by atoms with E-state index in [-0.39, 0.29) is 36.4 Å². The molecule has 4 fully saturated rings. The highest BCUT2D eigenvalue weighted by molar-refractivity contribution is 6.05. The molecule has 67 heavy (non-hydrogen) atoms. The van der Waals surface area contributed by atoms with Crippen LogP contribution in [0.25, 0.3) is 22.3 Å². The monoisotopic (exact) mass is 920 g/mol. The molecule has 10 rings (SSSR count). The number of nitrogens with zero attached hydrogens (tertiary/aromatic N) is 8. The van der Waals surface area contributed by atoms with Crippen LogP contribution in [0.1, 0.15) is 78.2 Å². The average molecular weight is 921 g/mol. The number of imide groups is 1. The van der Waals surface area contributed by atoms with Crippen LogP contribution in [0, 0.1) is 37.3 Å². The number of piperidine rings is 2. The molecule has 3 amide bonds. The number of methoxy groups -OCH3 is 2. The van der Waals surface area contributed by atoms with E-state index in [1.807, 2.05) is 31.9 Å². The number of benzene rings is 2. The number of hydrogen-bond donors (Lipinski definition) is 2. The van der Waals surface area contributed by atoms with Gasteiger partial charge < -0.3 is 28.6 Å². The number of nitrogens with one attached hydrogen (secondary N) is 2. The first-order valence-electron chi connectivity index (χ1n) is 23.5. The van der Waals surface area contributed by atoms with Gasteiger partial charge in [-0.1, -0.05) is 0 Å². The van der Waals surface area contributed by atoms with Crippen molar-refractivity contribution in [2.24, 2.45) is 18.9 Å². The summed E-state index contributed by atoms with van der Waals surface area (Å²) in [5.41, 5.74) is 6.10. The fourth-order valence-corrected chi connectivity index (χ4v) is 11.4. The number of ether oxygens (including phenoxy) is 3. The van der Waals surface area contributed by atoms with Crippen molar-refractivity contribution in [1.82, 2.24) is 34.5 Å². The highest BCUT2D eigenvalue weighted by Gasteiger charge is 2.37. The number of anilines is 3. The zero-order chi connectivity index (χ0) is 46.7. The molecule has 16 nitrogen and oxygen atoms in total. The number of hydrogen-bond acceptors (Lipinski definition) is 12. The van der Waals surface area contributed by atoms with Gasteiger partial charge in [0.1, 0.15) is 17.4 Å². The molecule has 18 heteroatoms. The second kappa shape index (κ2) is 18.2. The quantitative estimate of drug-likeness (QED) is 0.180. The lowest BCUT2D eigenvalue weighted by Gasteiger charge is -2.48. The maximum absolute atomic E-state index is 15.5. The van der Waals surface area contributed by atoms with Crippen molar-refractivity contribution in [2.45, 2.75) is 83.3 Å². The van der Waals surface area contributed by atoms with Crippen molar-refractivity contribution in [3.63, 3.8) is 0 Å². The Morgan fingerprint density at radius 1 is 0.851 bits per heavy atom. The number of piperazine rings is 1. The van der Waals surface area contributed by atoms with Crippen molar-refractivity contribution in [1.29, 1.82) is 0 Å². The molecule has 1 aliphatic carbocycles. The summed E-state index contributed by atoms with van der Waals surface area (Å²) in [6.45, 7) is 8.95. The van der Waals surface area contributed by atoms with Crippen LogP contribution in [0.2, 0.25) is 0 Å². The molecule has 354 valence electrons. The largest absolute Gasteiger partial charge is 0.495 e. The molecule has 0 spiro atoms. The maximum atomic E-state index is 15.5.